The van der Waals surface area contributed by atoms with Gasteiger partial charge in [-0.15, -0.1) is 0 Å². The van der Waals surface area contributed by atoms with Crippen molar-refractivity contribution < 1.29 is 4.74 Å². The molecular formula is C17H26N2O. The summed E-state index contributed by atoms with van der Waals surface area (Å²) in [6.45, 7) is 5.26. The Hall–Kier alpha value is -0.900. The molecule has 3 heteroatoms. The Labute approximate surface area is 122 Å². The van der Waals surface area contributed by atoms with E-state index in [0.29, 0.717) is 18.2 Å². The van der Waals surface area contributed by atoms with Gasteiger partial charge in [0.05, 0.1) is 12.7 Å². The average Bonchev–Trinajstić information content (AvgIpc) is 2.53. The van der Waals surface area contributed by atoms with E-state index >= 15 is 0 Å². The highest BCUT2D eigenvalue weighted by molar-refractivity contribution is 5.34. The molecule has 1 aliphatic heterocycles. The number of likely N-dealkylation sites (N-methyl/N-ethyl adjacent to an activating group) is 1. The predicted octanol–water partition coefficient (Wildman–Crippen LogP) is 2.37. The van der Waals surface area contributed by atoms with Crippen molar-refractivity contribution in [2.45, 2.75) is 44.4 Å². The van der Waals surface area contributed by atoms with Gasteiger partial charge in [-0.05, 0) is 37.4 Å². The molecule has 110 valence electrons. The van der Waals surface area contributed by atoms with Gasteiger partial charge in [0.1, 0.15) is 0 Å². The molecule has 0 spiro atoms. The van der Waals surface area contributed by atoms with Crippen molar-refractivity contribution in [3.05, 3.63) is 35.4 Å². The first-order valence-corrected chi connectivity index (χ1v) is 7.94. The molecule has 1 heterocycles. The van der Waals surface area contributed by atoms with Crippen LogP contribution in [0.5, 0.6) is 0 Å². The zero-order valence-electron chi connectivity index (χ0n) is 12.6. The highest BCUT2D eigenvalue weighted by atomic mass is 16.5. The molecular weight excluding hydrogens is 248 g/mol. The van der Waals surface area contributed by atoms with Crippen LogP contribution < -0.4 is 5.32 Å². The maximum Gasteiger partial charge on any atom is 0.0700 e. The molecule has 3 atom stereocenters. The second kappa shape index (κ2) is 6.25. The Bertz CT molecular complexity index is 448. The van der Waals surface area contributed by atoms with Crippen molar-refractivity contribution in [1.82, 2.24) is 10.2 Å². The zero-order chi connectivity index (χ0) is 13.9. The first-order valence-electron chi connectivity index (χ1n) is 7.94. The van der Waals surface area contributed by atoms with Crippen LogP contribution in [0.1, 0.15) is 36.9 Å². The highest BCUT2D eigenvalue weighted by Crippen LogP contribution is 2.33. The van der Waals surface area contributed by atoms with Crippen molar-refractivity contribution in [1.29, 1.82) is 0 Å². The summed E-state index contributed by atoms with van der Waals surface area (Å²) in [6.07, 6.45) is 3.98. The van der Waals surface area contributed by atoms with Gasteiger partial charge in [0.25, 0.3) is 0 Å². The number of ether oxygens (including phenoxy) is 1. The second-order valence-corrected chi connectivity index (χ2v) is 5.97. The van der Waals surface area contributed by atoms with Crippen LogP contribution in [0.2, 0.25) is 0 Å². The molecule has 1 fully saturated rings. The van der Waals surface area contributed by atoms with E-state index in [-0.39, 0.29) is 0 Å². The van der Waals surface area contributed by atoms with Crippen LogP contribution in [0.3, 0.4) is 0 Å². The van der Waals surface area contributed by atoms with E-state index in [0.717, 1.165) is 26.1 Å². The summed E-state index contributed by atoms with van der Waals surface area (Å²) in [5.41, 5.74) is 3.01. The lowest BCUT2D eigenvalue weighted by molar-refractivity contribution is -0.0517. The summed E-state index contributed by atoms with van der Waals surface area (Å²) in [5, 5.41) is 3.56. The lowest BCUT2D eigenvalue weighted by Gasteiger charge is -2.44. The van der Waals surface area contributed by atoms with E-state index in [4.69, 9.17) is 4.74 Å². The number of nitrogens with zero attached hydrogens (tertiary/aromatic N) is 1. The standard InChI is InChI=1S/C17H26N2O/c1-3-14-12-19(10-11-20-14)16-9-8-13-6-4-5-7-15(13)17(16)18-2/h4-7,14,16-18H,3,8-12H2,1-2H3. The van der Waals surface area contributed by atoms with Crippen molar-refractivity contribution in [3.63, 3.8) is 0 Å². The van der Waals surface area contributed by atoms with Crippen molar-refractivity contribution >= 4 is 0 Å². The van der Waals surface area contributed by atoms with Gasteiger partial charge < -0.3 is 10.1 Å². The largest absolute Gasteiger partial charge is 0.376 e. The molecule has 3 rings (SSSR count). The third kappa shape index (κ3) is 2.62. The maximum absolute atomic E-state index is 5.82. The lowest BCUT2D eigenvalue weighted by Crippen LogP contribution is -2.53. The van der Waals surface area contributed by atoms with Crippen LogP contribution >= 0.6 is 0 Å². The van der Waals surface area contributed by atoms with Gasteiger partial charge in [-0.2, -0.15) is 0 Å². The molecule has 2 aliphatic rings. The number of fused-ring (bicyclic) bond motifs is 1. The van der Waals surface area contributed by atoms with Crippen LogP contribution in [-0.2, 0) is 11.2 Å². The van der Waals surface area contributed by atoms with E-state index in [1.54, 1.807) is 0 Å². The molecule has 1 aliphatic carbocycles. The van der Waals surface area contributed by atoms with Gasteiger partial charge in [-0.1, -0.05) is 31.2 Å². The Morgan fingerprint density at radius 2 is 2.20 bits per heavy atom. The first-order chi connectivity index (χ1) is 9.83. The van der Waals surface area contributed by atoms with E-state index in [1.165, 1.54) is 24.0 Å². The number of rotatable bonds is 3. The SMILES string of the molecule is CCC1CN(C2CCc3ccccc3C2NC)CCO1. The fourth-order valence-electron chi connectivity index (χ4n) is 3.77. The predicted molar refractivity (Wildman–Crippen MR) is 82.0 cm³/mol. The molecule has 1 aromatic carbocycles. The summed E-state index contributed by atoms with van der Waals surface area (Å²) >= 11 is 0. The summed E-state index contributed by atoms with van der Waals surface area (Å²) in [4.78, 5) is 2.65. The van der Waals surface area contributed by atoms with Gasteiger partial charge in [-0.25, -0.2) is 0 Å². The number of nitrogens with one attached hydrogen (secondary N) is 1. The monoisotopic (exact) mass is 274 g/mol. The topological polar surface area (TPSA) is 24.5 Å². The quantitative estimate of drug-likeness (QED) is 0.916. The van der Waals surface area contributed by atoms with Crippen LogP contribution in [0.25, 0.3) is 0 Å². The van der Waals surface area contributed by atoms with Crippen LogP contribution in [0.15, 0.2) is 24.3 Å². The summed E-state index contributed by atoms with van der Waals surface area (Å²) in [7, 11) is 2.09. The Morgan fingerprint density at radius 3 is 3.00 bits per heavy atom. The summed E-state index contributed by atoms with van der Waals surface area (Å²) < 4.78 is 5.82. The fraction of sp³-hybridized carbons (Fsp3) is 0.647. The minimum atomic E-state index is 0.415. The number of aryl methyl sites for hydroxylation is 1. The van der Waals surface area contributed by atoms with Crippen LogP contribution in [0.4, 0.5) is 0 Å². The zero-order valence-corrected chi connectivity index (χ0v) is 12.6. The number of hydrogen-bond acceptors (Lipinski definition) is 3. The Balaban J connectivity index is 1.80. The Morgan fingerprint density at radius 1 is 1.35 bits per heavy atom. The number of hydrogen-bond donors (Lipinski definition) is 1. The average molecular weight is 274 g/mol. The van der Waals surface area contributed by atoms with Crippen LogP contribution in [0, 0.1) is 0 Å². The van der Waals surface area contributed by atoms with Crippen molar-refractivity contribution in [3.8, 4) is 0 Å². The van der Waals surface area contributed by atoms with E-state index in [9.17, 15) is 0 Å². The Kier molecular flexibility index (Phi) is 4.39. The molecule has 0 bridgehead atoms. The van der Waals surface area contributed by atoms with Crippen LogP contribution in [-0.4, -0.2) is 43.8 Å². The number of morpholine rings is 1. The molecule has 1 N–H and O–H groups in total. The third-order valence-corrected chi connectivity index (χ3v) is 4.89. The van der Waals surface area contributed by atoms with Crippen molar-refractivity contribution in [2.24, 2.45) is 0 Å². The fourth-order valence-corrected chi connectivity index (χ4v) is 3.77. The normalized spacial score (nSPS) is 31.0. The van der Waals surface area contributed by atoms with Gasteiger partial charge >= 0.3 is 0 Å². The molecule has 1 aromatic rings. The van der Waals surface area contributed by atoms with Gasteiger partial charge in [-0.3, -0.25) is 4.90 Å². The molecule has 3 nitrogen and oxygen atoms in total. The van der Waals surface area contributed by atoms with Crippen molar-refractivity contribution in [2.75, 3.05) is 26.7 Å². The minimum Gasteiger partial charge on any atom is -0.376 e. The highest BCUT2D eigenvalue weighted by Gasteiger charge is 2.34. The molecule has 20 heavy (non-hydrogen) atoms. The summed E-state index contributed by atoms with van der Waals surface area (Å²) in [6, 6.07) is 9.96. The van der Waals surface area contributed by atoms with Gasteiger partial charge in [0.15, 0.2) is 0 Å². The minimum absolute atomic E-state index is 0.415. The van der Waals surface area contributed by atoms with Gasteiger partial charge in [0, 0.05) is 25.2 Å². The molecule has 0 aromatic heterocycles. The van der Waals surface area contributed by atoms with Gasteiger partial charge in [0.2, 0.25) is 0 Å². The van der Waals surface area contributed by atoms with E-state index < -0.39 is 0 Å². The smallest absolute Gasteiger partial charge is 0.0700 e. The molecule has 1 saturated heterocycles. The molecule has 0 radical (unpaired) electrons. The van der Waals surface area contributed by atoms with E-state index in [2.05, 4.69) is 48.5 Å². The van der Waals surface area contributed by atoms with E-state index in [1.807, 2.05) is 0 Å². The summed E-state index contributed by atoms with van der Waals surface area (Å²) in [5.74, 6) is 0. The maximum atomic E-state index is 5.82. The number of benzene rings is 1. The third-order valence-electron chi connectivity index (χ3n) is 4.89. The lowest BCUT2D eigenvalue weighted by atomic mass is 9.83. The molecule has 0 amide bonds. The first kappa shape index (κ1) is 14.1. The molecule has 0 saturated carbocycles. The second-order valence-electron chi connectivity index (χ2n) is 5.97. The molecule has 3 unspecified atom stereocenters.